The first kappa shape index (κ1) is 14.0. The van der Waals surface area contributed by atoms with Crippen molar-refractivity contribution in [2.24, 2.45) is 12.8 Å². The zero-order valence-electron chi connectivity index (χ0n) is 10.6. The van der Waals surface area contributed by atoms with E-state index in [9.17, 15) is 0 Å². The lowest BCUT2D eigenvalue weighted by Gasteiger charge is -2.17. The monoisotopic (exact) mass is 339 g/mol. The maximum Gasteiger partial charge on any atom is 0.154 e. The second-order valence-electron chi connectivity index (χ2n) is 4.22. The number of benzene rings is 1. The smallest absolute Gasteiger partial charge is 0.154 e. The molecule has 1 atom stereocenters. The molecule has 0 fully saturated rings. The molecule has 2 rings (SSSR count). The van der Waals surface area contributed by atoms with Gasteiger partial charge >= 0.3 is 0 Å². The van der Waals surface area contributed by atoms with Crippen molar-refractivity contribution < 1.29 is 0 Å². The highest BCUT2D eigenvalue weighted by atomic mass is 79.9. The van der Waals surface area contributed by atoms with Crippen molar-refractivity contribution >= 4 is 38.8 Å². The van der Waals surface area contributed by atoms with Crippen LogP contribution in [-0.4, -0.2) is 19.8 Å². The van der Waals surface area contributed by atoms with E-state index < -0.39 is 0 Å². The van der Waals surface area contributed by atoms with E-state index in [0.717, 1.165) is 21.5 Å². The molecule has 1 aromatic carbocycles. The Balaban J connectivity index is 2.30. The molecule has 7 heteroatoms. The van der Waals surface area contributed by atoms with Gasteiger partial charge in [0.1, 0.15) is 11.3 Å². The highest BCUT2D eigenvalue weighted by Gasteiger charge is 2.14. The largest absolute Gasteiger partial charge is 0.389 e. The quantitative estimate of drug-likeness (QED) is 0.837. The Hall–Kier alpha value is -1.47. The molecular weight excluding hydrogens is 326 g/mol. The van der Waals surface area contributed by atoms with Gasteiger partial charge in [0.05, 0.1) is 6.04 Å². The van der Waals surface area contributed by atoms with E-state index in [1.165, 1.54) is 0 Å². The highest BCUT2D eigenvalue weighted by molar-refractivity contribution is 9.10. The summed E-state index contributed by atoms with van der Waals surface area (Å²) in [6.45, 7) is 2.01. The standard InChI is InChI=1S/C12H14BrN5S/c1-7(12-17-15-6-18(12)2)16-10-5-8(13)3-4-9(10)11(14)19/h3-7,16H,1-2H3,(H2,14,19). The SMILES string of the molecule is CC(Nc1cc(Br)ccc1C(N)=S)c1nncn1C. The summed E-state index contributed by atoms with van der Waals surface area (Å²) < 4.78 is 2.83. The first-order valence-electron chi connectivity index (χ1n) is 5.69. The molecule has 5 nitrogen and oxygen atoms in total. The minimum absolute atomic E-state index is 0.00472. The van der Waals surface area contributed by atoms with Crippen LogP contribution in [0.1, 0.15) is 24.4 Å². The average Bonchev–Trinajstić information content (AvgIpc) is 2.75. The van der Waals surface area contributed by atoms with Gasteiger partial charge in [-0.05, 0) is 25.1 Å². The number of nitrogens with one attached hydrogen (secondary N) is 1. The van der Waals surface area contributed by atoms with Gasteiger partial charge in [-0.2, -0.15) is 0 Å². The van der Waals surface area contributed by atoms with Crippen LogP contribution in [0.3, 0.4) is 0 Å². The predicted molar refractivity (Wildman–Crippen MR) is 83.1 cm³/mol. The summed E-state index contributed by atoms with van der Waals surface area (Å²) in [7, 11) is 1.91. The molecule has 100 valence electrons. The van der Waals surface area contributed by atoms with Crippen LogP contribution in [0.2, 0.25) is 0 Å². The van der Waals surface area contributed by atoms with E-state index in [1.807, 2.05) is 36.7 Å². The zero-order valence-corrected chi connectivity index (χ0v) is 13.0. The van der Waals surface area contributed by atoms with Gasteiger partial charge in [-0.25, -0.2) is 0 Å². The molecule has 1 aromatic heterocycles. The van der Waals surface area contributed by atoms with Gasteiger partial charge in [-0.3, -0.25) is 0 Å². The Morgan fingerprint density at radius 1 is 1.53 bits per heavy atom. The van der Waals surface area contributed by atoms with Gasteiger partial charge in [0.2, 0.25) is 0 Å². The summed E-state index contributed by atoms with van der Waals surface area (Å²) in [6.07, 6.45) is 1.67. The number of thiocarbonyl (C=S) groups is 1. The minimum atomic E-state index is -0.00472. The Kier molecular flexibility index (Phi) is 4.16. The zero-order chi connectivity index (χ0) is 14.0. The minimum Gasteiger partial charge on any atom is -0.389 e. The third-order valence-corrected chi connectivity index (χ3v) is 3.47. The fraction of sp³-hybridized carbons (Fsp3) is 0.250. The van der Waals surface area contributed by atoms with Crippen molar-refractivity contribution in [3.63, 3.8) is 0 Å². The van der Waals surface area contributed by atoms with Crippen molar-refractivity contribution in [3.8, 4) is 0 Å². The van der Waals surface area contributed by atoms with Gasteiger partial charge in [-0.1, -0.05) is 28.1 Å². The van der Waals surface area contributed by atoms with Gasteiger partial charge < -0.3 is 15.6 Å². The predicted octanol–water partition coefficient (Wildman–Crippen LogP) is 2.38. The van der Waals surface area contributed by atoms with Crippen molar-refractivity contribution in [1.82, 2.24) is 14.8 Å². The summed E-state index contributed by atoms with van der Waals surface area (Å²) in [5, 5.41) is 11.3. The average molecular weight is 340 g/mol. The summed E-state index contributed by atoms with van der Waals surface area (Å²) in [4.78, 5) is 0.361. The van der Waals surface area contributed by atoms with Crippen LogP contribution in [0.15, 0.2) is 29.0 Å². The summed E-state index contributed by atoms with van der Waals surface area (Å²) in [5.74, 6) is 0.842. The number of anilines is 1. The van der Waals surface area contributed by atoms with Crippen LogP contribution in [0.4, 0.5) is 5.69 Å². The molecule has 0 aliphatic heterocycles. The Labute approximate surface area is 125 Å². The lowest BCUT2D eigenvalue weighted by atomic mass is 10.1. The van der Waals surface area contributed by atoms with E-state index >= 15 is 0 Å². The van der Waals surface area contributed by atoms with Crippen LogP contribution >= 0.6 is 28.1 Å². The first-order chi connectivity index (χ1) is 8.99. The second kappa shape index (κ2) is 5.66. The van der Waals surface area contributed by atoms with Gasteiger partial charge in [0.25, 0.3) is 0 Å². The molecule has 0 bridgehead atoms. The molecule has 1 heterocycles. The Morgan fingerprint density at radius 3 is 2.84 bits per heavy atom. The molecule has 0 aliphatic rings. The van der Waals surface area contributed by atoms with E-state index in [2.05, 4.69) is 31.4 Å². The van der Waals surface area contributed by atoms with Crippen LogP contribution in [0.5, 0.6) is 0 Å². The fourth-order valence-electron chi connectivity index (χ4n) is 1.83. The van der Waals surface area contributed by atoms with E-state index in [-0.39, 0.29) is 6.04 Å². The fourth-order valence-corrected chi connectivity index (χ4v) is 2.37. The molecule has 0 amide bonds. The molecule has 0 aliphatic carbocycles. The topological polar surface area (TPSA) is 68.8 Å². The van der Waals surface area contributed by atoms with Crippen molar-refractivity contribution in [3.05, 3.63) is 40.4 Å². The van der Waals surface area contributed by atoms with Crippen LogP contribution in [0.25, 0.3) is 0 Å². The first-order valence-corrected chi connectivity index (χ1v) is 6.89. The third kappa shape index (κ3) is 3.10. The normalized spacial score (nSPS) is 12.2. The number of hydrogen-bond acceptors (Lipinski definition) is 4. The molecule has 3 N–H and O–H groups in total. The molecule has 0 saturated heterocycles. The lowest BCUT2D eigenvalue weighted by Crippen LogP contribution is -2.17. The van der Waals surface area contributed by atoms with Crippen LogP contribution in [-0.2, 0) is 7.05 Å². The number of aryl methyl sites for hydroxylation is 1. The maximum absolute atomic E-state index is 5.73. The lowest BCUT2D eigenvalue weighted by molar-refractivity contribution is 0.719. The third-order valence-electron chi connectivity index (χ3n) is 2.75. The van der Waals surface area contributed by atoms with Gasteiger partial charge in [0, 0.05) is 22.8 Å². The summed E-state index contributed by atoms with van der Waals surface area (Å²) in [6, 6.07) is 5.74. The number of aromatic nitrogens is 3. The summed E-state index contributed by atoms with van der Waals surface area (Å²) >= 11 is 8.50. The molecular formula is C12H14BrN5S. The number of nitrogens with two attached hydrogens (primary N) is 1. The van der Waals surface area contributed by atoms with Crippen molar-refractivity contribution in [1.29, 1.82) is 0 Å². The van der Waals surface area contributed by atoms with Crippen molar-refractivity contribution in [2.45, 2.75) is 13.0 Å². The molecule has 0 saturated carbocycles. The van der Waals surface area contributed by atoms with Gasteiger partial charge in [-0.15, -0.1) is 10.2 Å². The van der Waals surface area contributed by atoms with E-state index in [4.69, 9.17) is 18.0 Å². The Morgan fingerprint density at radius 2 is 2.26 bits per heavy atom. The van der Waals surface area contributed by atoms with Crippen molar-refractivity contribution in [2.75, 3.05) is 5.32 Å². The molecule has 1 unspecified atom stereocenters. The second-order valence-corrected chi connectivity index (χ2v) is 5.58. The van der Waals surface area contributed by atoms with Crippen LogP contribution in [0, 0.1) is 0 Å². The molecule has 19 heavy (non-hydrogen) atoms. The van der Waals surface area contributed by atoms with Gasteiger partial charge in [0.15, 0.2) is 5.82 Å². The highest BCUT2D eigenvalue weighted by Crippen LogP contribution is 2.25. The molecule has 0 radical (unpaired) electrons. The number of halogens is 1. The Bertz CT molecular complexity index is 610. The van der Waals surface area contributed by atoms with Crippen LogP contribution < -0.4 is 11.1 Å². The van der Waals surface area contributed by atoms with E-state index in [0.29, 0.717) is 4.99 Å². The number of nitrogens with zero attached hydrogens (tertiary/aromatic N) is 3. The number of hydrogen-bond donors (Lipinski definition) is 2. The maximum atomic E-state index is 5.73. The molecule has 0 spiro atoms. The summed E-state index contributed by atoms with van der Waals surface area (Å²) in [5.41, 5.74) is 7.42. The van der Waals surface area contributed by atoms with E-state index in [1.54, 1.807) is 6.33 Å². The number of rotatable bonds is 4. The molecule has 2 aromatic rings.